The standard InChI is InChI=1S/C12H17N3O5/c1-14(2)12(18)19-7-8-3-4-10(20-8)15-6-5-9(16)13-11(15)17/h5-6,8,10H,3-4,7H2,1-2H3,(H,13,16,17). The van der Waals surface area contributed by atoms with E-state index in [1.165, 1.54) is 21.7 Å². The Kier molecular flexibility index (Phi) is 4.23. The predicted octanol–water partition coefficient (Wildman–Crippen LogP) is -0.0876. The van der Waals surface area contributed by atoms with E-state index in [1.807, 2.05) is 0 Å². The third-order valence-electron chi connectivity index (χ3n) is 3.00. The van der Waals surface area contributed by atoms with Crippen molar-refractivity contribution in [3.05, 3.63) is 33.1 Å². The first kappa shape index (κ1) is 14.3. The highest BCUT2D eigenvalue weighted by molar-refractivity contribution is 5.66. The molecular formula is C12H17N3O5. The van der Waals surface area contributed by atoms with Crippen molar-refractivity contribution in [2.45, 2.75) is 25.2 Å². The summed E-state index contributed by atoms with van der Waals surface area (Å²) in [6.45, 7) is 0.144. The number of aromatic nitrogens is 2. The highest BCUT2D eigenvalue weighted by Crippen LogP contribution is 2.26. The number of nitrogens with one attached hydrogen (secondary N) is 1. The Bertz CT molecular complexity index is 591. The third-order valence-corrected chi connectivity index (χ3v) is 3.00. The lowest BCUT2D eigenvalue weighted by atomic mass is 10.2. The van der Waals surface area contributed by atoms with Crippen LogP contribution >= 0.6 is 0 Å². The van der Waals surface area contributed by atoms with Gasteiger partial charge in [0.15, 0.2) is 0 Å². The van der Waals surface area contributed by atoms with Gasteiger partial charge in [0, 0.05) is 26.4 Å². The Morgan fingerprint density at radius 3 is 2.90 bits per heavy atom. The van der Waals surface area contributed by atoms with E-state index in [4.69, 9.17) is 9.47 Å². The number of hydrogen-bond donors (Lipinski definition) is 1. The molecule has 2 atom stereocenters. The molecule has 0 bridgehead atoms. The quantitative estimate of drug-likeness (QED) is 0.837. The number of H-pyrrole nitrogens is 1. The highest BCUT2D eigenvalue weighted by Gasteiger charge is 2.28. The Morgan fingerprint density at radius 2 is 2.25 bits per heavy atom. The summed E-state index contributed by atoms with van der Waals surface area (Å²) >= 11 is 0. The topological polar surface area (TPSA) is 93.6 Å². The van der Waals surface area contributed by atoms with Gasteiger partial charge in [0.1, 0.15) is 12.8 Å². The van der Waals surface area contributed by atoms with Crippen molar-refractivity contribution in [1.82, 2.24) is 14.5 Å². The van der Waals surface area contributed by atoms with Crippen LogP contribution in [0.15, 0.2) is 21.9 Å². The molecule has 1 saturated heterocycles. The number of carbonyl (C=O) groups is 1. The van der Waals surface area contributed by atoms with E-state index < -0.39 is 23.6 Å². The highest BCUT2D eigenvalue weighted by atomic mass is 16.6. The van der Waals surface area contributed by atoms with Crippen LogP contribution in [-0.2, 0) is 9.47 Å². The van der Waals surface area contributed by atoms with Gasteiger partial charge in [-0.1, -0.05) is 0 Å². The van der Waals surface area contributed by atoms with Crippen LogP contribution in [0.4, 0.5) is 4.79 Å². The molecule has 1 aromatic heterocycles. The summed E-state index contributed by atoms with van der Waals surface area (Å²) < 4.78 is 12.0. The van der Waals surface area contributed by atoms with Gasteiger partial charge in [0.2, 0.25) is 0 Å². The lowest BCUT2D eigenvalue weighted by molar-refractivity contribution is -0.0311. The molecule has 1 aromatic rings. The van der Waals surface area contributed by atoms with Crippen molar-refractivity contribution in [3.8, 4) is 0 Å². The number of rotatable bonds is 3. The van der Waals surface area contributed by atoms with Crippen molar-refractivity contribution in [2.75, 3.05) is 20.7 Å². The van der Waals surface area contributed by atoms with Crippen LogP contribution in [0.2, 0.25) is 0 Å². The number of amides is 1. The van der Waals surface area contributed by atoms with E-state index in [0.29, 0.717) is 12.8 Å². The molecule has 1 N–H and O–H groups in total. The van der Waals surface area contributed by atoms with Gasteiger partial charge in [-0.25, -0.2) is 9.59 Å². The maximum Gasteiger partial charge on any atom is 0.409 e. The molecule has 8 heteroatoms. The number of nitrogens with zero attached hydrogens (tertiary/aromatic N) is 2. The normalized spacial score (nSPS) is 21.7. The summed E-state index contributed by atoms with van der Waals surface area (Å²) in [6, 6.07) is 1.27. The van der Waals surface area contributed by atoms with Crippen LogP contribution in [-0.4, -0.2) is 47.4 Å². The minimum Gasteiger partial charge on any atom is -0.447 e. The zero-order valence-corrected chi connectivity index (χ0v) is 11.4. The minimum absolute atomic E-state index is 0.144. The van der Waals surface area contributed by atoms with E-state index in [-0.39, 0.29) is 12.7 Å². The third kappa shape index (κ3) is 3.27. The molecule has 0 aliphatic carbocycles. The van der Waals surface area contributed by atoms with Crippen LogP contribution in [0.25, 0.3) is 0 Å². The summed E-state index contributed by atoms with van der Waals surface area (Å²) in [5.74, 6) is 0. The maximum atomic E-state index is 11.6. The average molecular weight is 283 g/mol. The van der Waals surface area contributed by atoms with E-state index >= 15 is 0 Å². The van der Waals surface area contributed by atoms with Gasteiger partial charge < -0.3 is 14.4 Å². The fourth-order valence-corrected chi connectivity index (χ4v) is 1.96. The monoisotopic (exact) mass is 283 g/mol. The average Bonchev–Trinajstić information content (AvgIpc) is 2.84. The minimum atomic E-state index is -0.506. The van der Waals surface area contributed by atoms with E-state index in [0.717, 1.165) is 0 Å². The molecule has 1 aliphatic rings. The molecule has 8 nitrogen and oxygen atoms in total. The number of hydrogen-bond acceptors (Lipinski definition) is 5. The smallest absolute Gasteiger partial charge is 0.409 e. The lowest BCUT2D eigenvalue weighted by Gasteiger charge is -2.16. The molecule has 1 fully saturated rings. The molecule has 2 heterocycles. The molecule has 0 spiro atoms. The van der Waals surface area contributed by atoms with Gasteiger partial charge in [-0.3, -0.25) is 14.3 Å². The second-order valence-corrected chi connectivity index (χ2v) is 4.78. The molecule has 2 unspecified atom stereocenters. The van der Waals surface area contributed by atoms with Gasteiger partial charge in [0.25, 0.3) is 5.56 Å². The summed E-state index contributed by atoms with van der Waals surface area (Å²) in [5.41, 5.74) is -0.950. The van der Waals surface area contributed by atoms with Crippen molar-refractivity contribution >= 4 is 6.09 Å². The fraction of sp³-hybridized carbons (Fsp3) is 0.583. The number of carbonyl (C=O) groups excluding carboxylic acids is 1. The Morgan fingerprint density at radius 1 is 1.50 bits per heavy atom. The van der Waals surface area contributed by atoms with Crippen LogP contribution < -0.4 is 11.2 Å². The Labute approximate surface area is 114 Å². The molecule has 20 heavy (non-hydrogen) atoms. The molecule has 0 saturated carbocycles. The van der Waals surface area contributed by atoms with Crippen molar-refractivity contribution in [3.63, 3.8) is 0 Å². The SMILES string of the molecule is CN(C)C(=O)OCC1CCC(n2ccc(=O)[nH]c2=O)O1. The summed E-state index contributed by atoms with van der Waals surface area (Å²) in [5, 5.41) is 0. The summed E-state index contributed by atoms with van der Waals surface area (Å²) in [4.78, 5) is 37.4. The van der Waals surface area contributed by atoms with E-state index in [9.17, 15) is 14.4 Å². The van der Waals surface area contributed by atoms with Gasteiger partial charge in [-0.15, -0.1) is 0 Å². The first-order valence-electron chi connectivity index (χ1n) is 6.28. The second kappa shape index (κ2) is 5.91. The van der Waals surface area contributed by atoms with Crippen LogP contribution in [0.5, 0.6) is 0 Å². The Balaban J connectivity index is 1.94. The van der Waals surface area contributed by atoms with Crippen molar-refractivity contribution < 1.29 is 14.3 Å². The predicted molar refractivity (Wildman–Crippen MR) is 69.5 cm³/mol. The van der Waals surface area contributed by atoms with Gasteiger partial charge in [-0.2, -0.15) is 0 Å². The summed E-state index contributed by atoms with van der Waals surface area (Å²) in [6.07, 6.45) is 1.58. The molecule has 2 rings (SSSR count). The zero-order chi connectivity index (χ0) is 14.7. The Hall–Kier alpha value is -2.09. The second-order valence-electron chi connectivity index (χ2n) is 4.78. The van der Waals surface area contributed by atoms with Gasteiger partial charge >= 0.3 is 11.8 Å². The molecule has 1 aliphatic heterocycles. The van der Waals surface area contributed by atoms with E-state index in [1.54, 1.807) is 14.1 Å². The molecule has 0 radical (unpaired) electrons. The number of aromatic amines is 1. The van der Waals surface area contributed by atoms with Crippen molar-refractivity contribution in [1.29, 1.82) is 0 Å². The fourth-order valence-electron chi connectivity index (χ4n) is 1.96. The first-order valence-corrected chi connectivity index (χ1v) is 6.28. The summed E-state index contributed by atoms with van der Waals surface area (Å²) in [7, 11) is 3.20. The van der Waals surface area contributed by atoms with Crippen LogP contribution in [0.1, 0.15) is 19.1 Å². The molecule has 110 valence electrons. The molecular weight excluding hydrogens is 266 g/mol. The van der Waals surface area contributed by atoms with Gasteiger partial charge in [0.05, 0.1) is 6.10 Å². The van der Waals surface area contributed by atoms with Crippen LogP contribution in [0.3, 0.4) is 0 Å². The largest absolute Gasteiger partial charge is 0.447 e. The maximum absolute atomic E-state index is 11.6. The van der Waals surface area contributed by atoms with E-state index in [2.05, 4.69) is 4.98 Å². The molecule has 1 amide bonds. The number of ether oxygens (including phenoxy) is 2. The lowest BCUT2D eigenvalue weighted by Crippen LogP contribution is -2.32. The first-order chi connectivity index (χ1) is 9.47. The van der Waals surface area contributed by atoms with Gasteiger partial charge in [-0.05, 0) is 12.8 Å². The van der Waals surface area contributed by atoms with Crippen molar-refractivity contribution in [2.24, 2.45) is 0 Å². The van der Waals surface area contributed by atoms with Crippen LogP contribution in [0, 0.1) is 0 Å². The zero-order valence-electron chi connectivity index (χ0n) is 11.4. The molecule has 0 aromatic carbocycles.